The second-order valence-corrected chi connectivity index (χ2v) is 4.54. The summed E-state index contributed by atoms with van der Waals surface area (Å²) in [6.07, 6.45) is -0.157. The van der Waals surface area contributed by atoms with Crippen LogP contribution in [0.1, 0.15) is 31.9 Å². The minimum Gasteiger partial charge on any atom is -0.390 e. The topological polar surface area (TPSA) is 29.5 Å². The Bertz CT molecular complexity index is 340. The van der Waals surface area contributed by atoms with Crippen molar-refractivity contribution < 1.29 is 9.84 Å². The monoisotopic (exact) mass is 262 g/mol. The van der Waals surface area contributed by atoms with Gasteiger partial charge in [0.05, 0.1) is 6.10 Å². The van der Waals surface area contributed by atoms with Crippen LogP contribution in [-0.4, -0.2) is 17.8 Å². The fourth-order valence-corrected chi connectivity index (χ4v) is 1.87. The fraction of sp³-hybridized carbons (Fsp3) is 0.500. The van der Waals surface area contributed by atoms with Gasteiger partial charge in [0.1, 0.15) is 6.10 Å². The van der Waals surface area contributed by atoms with Crippen molar-refractivity contribution in [3.63, 3.8) is 0 Å². The molecular weight excluding hydrogens is 247 g/mol. The summed E-state index contributed by atoms with van der Waals surface area (Å²) in [6.45, 7) is 4.27. The van der Waals surface area contributed by atoms with Crippen LogP contribution in [0, 0.1) is 0 Å². The zero-order chi connectivity index (χ0) is 12.1. The number of hydrogen-bond acceptors (Lipinski definition) is 2. The number of halogens is 2. The van der Waals surface area contributed by atoms with Crippen LogP contribution in [-0.2, 0) is 4.74 Å². The van der Waals surface area contributed by atoms with Crippen molar-refractivity contribution in [2.24, 2.45) is 0 Å². The van der Waals surface area contributed by atoms with Gasteiger partial charge in [-0.1, -0.05) is 30.1 Å². The molecule has 90 valence electrons. The van der Waals surface area contributed by atoms with Gasteiger partial charge in [0.2, 0.25) is 0 Å². The number of rotatable bonds is 5. The van der Waals surface area contributed by atoms with Gasteiger partial charge in [-0.25, -0.2) is 0 Å². The first-order valence-electron chi connectivity index (χ1n) is 5.31. The lowest BCUT2D eigenvalue weighted by Gasteiger charge is -2.22. The first-order valence-corrected chi connectivity index (χ1v) is 6.06. The maximum Gasteiger partial charge on any atom is 0.110 e. The molecule has 4 heteroatoms. The van der Waals surface area contributed by atoms with E-state index < -0.39 is 12.2 Å². The normalized spacial score (nSPS) is 14.8. The average Bonchev–Trinajstić information content (AvgIpc) is 2.23. The molecule has 1 aromatic rings. The van der Waals surface area contributed by atoms with Crippen LogP contribution in [0.15, 0.2) is 18.2 Å². The van der Waals surface area contributed by atoms with E-state index in [2.05, 4.69) is 0 Å². The van der Waals surface area contributed by atoms with Crippen molar-refractivity contribution in [1.29, 1.82) is 0 Å². The molecule has 0 aliphatic rings. The van der Waals surface area contributed by atoms with Crippen molar-refractivity contribution in [2.75, 3.05) is 6.61 Å². The van der Waals surface area contributed by atoms with E-state index in [1.807, 2.05) is 6.92 Å². The van der Waals surface area contributed by atoms with E-state index in [4.69, 9.17) is 27.9 Å². The van der Waals surface area contributed by atoms with Crippen molar-refractivity contribution in [3.8, 4) is 0 Å². The summed E-state index contributed by atoms with van der Waals surface area (Å²) in [4.78, 5) is 0. The Morgan fingerprint density at radius 2 is 2.06 bits per heavy atom. The molecule has 0 fully saturated rings. The van der Waals surface area contributed by atoms with E-state index >= 15 is 0 Å². The van der Waals surface area contributed by atoms with E-state index in [1.54, 1.807) is 25.1 Å². The van der Waals surface area contributed by atoms with Crippen LogP contribution in [0.25, 0.3) is 0 Å². The smallest absolute Gasteiger partial charge is 0.110 e. The maximum absolute atomic E-state index is 9.68. The summed E-state index contributed by atoms with van der Waals surface area (Å²) >= 11 is 12.0. The highest BCUT2D eigenvalue weighted by atomic mass is 35.5. The largest absolute Gasteiger partial charge is 0.390 e. The molecule has 0 amide bonds. The molecule has 0 bridgehead atoms. The van der Waals surface area contributed by atoms with Gasteiger partial charge in [-0.05, 0) is 31.5 Å². The van der Waals surface area contributed by atoms with Gasteiger partial charge < -0.3 is 9.84 Å². The molecule has 0 aromatic heterocycles. The first kappa shape index (κ1) is 13.8. The van der Waals surface area contributed by atoms with Crippen molar-refractivity contribution in [2.45, 2.75) is 32.5 Å². The van der Waals surface area contributed by atoms with Crippen LogP contribution in [0.3, 0.4) is 0 Å². The highest BCUT2D eigenvalue weighted by Crippen LogP contribution is 2.30. The van der Waals surface area contributed by atoms with E-state index in [9.17, 15) is 5.11 Å². The maximum atomic E-state index is 9.68. The van der Waals surface area contributed by atoms with E-state index in [0.717, 1.165) is 12.0 Å². The van der Waals surface area contributed by atoms with Gasteiger partial charge in [-0.3, -0.25) is 0 Å². The predicted molar refractivity (Wildman–Crippen MR) is 67.1 cm³/mol. The molecule has 16 heavy (non-hydrogen) atoms. The van der Waals surface area contributed by atoms with Gasteiger partial charge >= 0.3 is 0 Å². The Balaban J connectivity index is 2.95. The third-order valence-corrected chi connectivity index (χ3v) is 2.78. The van der Waals surface area contributed by atoms with Crippen LogP contribution in [0.2, 0.25) is 10.0 Å². The Morgan fingerprint density at radius 1 is 1.38 bits per heavy atom. The lowest BCUT2D eigenvalue weighted by atomic mass is 10.1. The van der Waals surface area contributed by atoms with Gasteiger partial charge in [-0.2, -0.15) is 0 Å². The molecule has 2 nitrogen and oxygen atoms in total. The lowest BCUT2D eigenvalue weighted by Crippen LogP contribution is -2.19. The van der Waals surface area contributed by atoms with Crippen molar-refractivity contribution >= 4 is 23.2 Å². The lowest BCUT2D eigenvalue weighted by molar-refractivity contribution is -0.0309. The SMILES string of the molecule is CCCO[C@@H](c1cc(Cl)ccc1Cl)[C@H](C)O. The molecule has 0 unspecified atom stereocenters. The summed E-state index contributed by atoms with van der Waals surface area (Å²) < 4.78 is 5.58. The number of aliphatic hydroxyl groups excluding tert-OH is 1. The Kier molecular flexibility index (Phi) is 5.56. The molecule has 1 aromatic carbocycles. The molecule has 0 aliphatic carbocycles. The molecule has 0 saturated heterocycles. The summed E-state index contributed by atoms with van der Waals surface area (Å²) in [5.41, 5.74) is 0.734. The minimum absolute atomic E-state index is 0.425. The summed E-state index contributed by atoms with van der Waals surface area (Å²) in [5.74, 6) is 0. The molecule has 0 radical (unpaired) electrons. The molecule has 0 heterocycles. The van der Waals surface area contributed by atoms with Crippen LogP contribution in [0.4, 0.5) is 0 Å². The van der Waals surface area contributed by atoms with Gasteiger partial charge in [0.25, 0.3) is 0 Å². The predicted octanol–water partition coefficient (Wildman–Crippen LogP) is 3.84. The molecular formula is C12H16Cl2O2. The van der Waals surface area contributed by atoms with E-state index in [0.29, 0.717) is 16.7 Å². The molecule has 1 N–H and O–H groups in total. The first-order chi connectivity index (χ1) is 7.56. The molecule has 0 saturated carbocycles. The van der Waals surface area contributed by atoms with Crippen LogP contribution in [0.5, 0.6) is 0 Å². The molecule has 0 aliphatic heterocycles. The Hall–Kier alpha value is -0.280. The number of benzene rings is 1. The third kappa shape index (κ3) is 3.63. The van der Waals surface area contributed by atoms with E-state index in [1.165, 1.54) is 0 Å². The molecule has 2 atom stereocenters. The Labute approximate surface area is 106 Å². The number of ether oxygens (including phenoxy) is 1. The summed E-state index contributed by atoms with van der Waals surface area (Å²) in [7, 11) is 0. The number of hydrogen-bond donors (Lipinski definition) is 1. The minimum atomic E-state index is -0.623. The standard InChI is InChI=1S/C12H16Cl2O2/c1-3-6-16-12(8(2)15)10-7-9(13)4-5-11(10)14/h4-5,7-8,12,15H,3,6H2,1-2H3/t8-,12+/m0/s1. The van der Waals surface area contributed by atoms with Gasteiger partial charge in [0.15, 0.2) is 0 Å². The van der Waals surface area contributed by atoms with E-state index in [-0.39, 0.29) is 0 Å². The second kappa shape index (κ2) is 6.45. The van der Waals surface area contributed by atoms with Gasteiger partial charge in [0, 0.05) is 22.2 Å². The van der Waals surface area contributed by atoms with Crippen molar-refractivity contribution in [1.82, 2.24) is 0 Å². The highest BCUT2D eigenvalue weighted by molar-refractivity contribution is 6.33. The summed E-state index contributed by atoms with van der Waals surface area (Å²) in [6, 6.07) is 5.16. The highest BCUT2D eigenvalue weighted by Gasteiger charge is 2.20. The Morgan fingerprint density at radius 3 is 2.62 bits per heavy atom. The number of aliphatic hydroxyl groups is 1. The third-order valence-electron chi connectivity index (χ3n) is 2.20. The fourth-order valence-electron chi connectivity index (χ4n) is 1.47. The van der Waals surface area contributed by atoms with Crippen LogP contribution >= 0.6 is 23.2 Å². The zero-order valence-electron chi connectivity index (χ0n) is 9.41. The molecule has 1 rings (SSSR count). The summed E-state index contributed by atoms with van der Waals surface area (Å²) in [5, 5.41) is 10.8. The zero-order valence-corrected chi connectivity index (χ0v) is 10.9. The molecule has 0 spiro atoms. The quantitative estimate of drug-likeness (QED) is 0.874. The van der Waals surface area contributed by atoms with Crippen molar-refractivity contribution in [3.05, 3.63) is 33.8 Å². The average molecular weight is 263 g/mol. The van der Waals surface area contributed by atoms with Crippen LogP contribution < -0.4 is 0 Å². The van der Waals surface area contributed by atoms with Gasteiger partial charge in [-0.15, -0.1) is 0 Å². The second-order valence-electron chi connectivity index (χ2n) is 3.70.